The van der Waals surface area contributed by atoms with E-state index in [1.807, 2.05) is 19.9 Å². The number of unbranched alkanes of at least 4 members (excludes halogenated alkanes) is 2. The number of aliphatic carboxylic acids is 1. The maximum atomic E-state index is 15.2. The summed E-state index contributed by atoms with van der Waals surface area (Å²) < 4.78 is 26.6. The molecule has 2 N–H and O–H groups in total. The second kappa shape index (κ2) is 13.2. The number of aromatic nitrogens is 1. The predicted octanol–water partition coefficient (Wildman–Crippen LogP) is 5.21. The number of methoxy groups -OCH3 is 1. The van der Waals surface area contributed by atoms with E-state index < -0.39 is 17.8 Å². The Labute approximate surface area is 230 Å². The Kier molecular flexibility index (Phi) is 9.76. The van der Waals surface area contributed by atoms with Crippen molar-refractivity contribution in [3.63, 3.8) is 0 Å². The Bertz CT molecular complexity index is 1210. The van der Waals surface area contributed by atoms with Crippen LogP contribution < -0.4 is 10.1 Å². The molecule has 1 fully saturated rings. The molecule has 1 unspecified atom stereocenters. The molecule has 2 aliphatic rings. The summed E-state index contributed by atoms with van der Waals surface area (Å²) in [4.78, 5) is 19.0. The molecule has 1 aromatic carbocycles. The molecule has 1 saturated heterocycles. The predicted molar refractivity (Wildman–Crippen MR) is 147 cm³/mol. The third-order valence-corrected chi connectivity index (χ3v) is 7.67. The van der Waals surface area contributed by atoms with Crippen LogP contribution in [0.2, 0.25) is 0 Å². The summed E-state index contributed by atoms with van der Waals surface area (Å²) in [6, 6.07) is 6.76. The number of halogens is 1. The van der Waals surface area contributed by atoms with Crippen molar-refractivity contribution in [3.05, 3.63) is 52.0 Å². The van der Waals surface area contributed by atoms with Gasteiger partial charge in [-0.15, -0.1) is 0 Å². The molecule has 8 nitrogen and oxygen atoms in total. The second-order valence-electron chi connectivity index (χ2n) is 10.7. The highest BCUT2D eigenvalue weighted by Gasteiger charge is 2.37. The molecule has 2 atom stereocenters. The molecule has 9 heteroatoms. The van der Waals surface area contributed by atoms with Gasteiger partial charge in [0.25, 0.3) is 0 Å². The summed E-state index contributed by atoms with van der Waals surface area (Å²) in [5.74, 6) is -1.19. The number of nitriles is 1. The summed E-state index contributed by atoms with van der Waals surface area (Å²) in [6.07, 6.45) is 6.80. The van der Waals surface area contributed by atoms with Gasteiger partial charge in [-0.25, -0.2) is 9.37 Å². The smallest absolute Gasteiger partial charge is 0.325 e. The molecule has 210 valence electrons. The Morgan fingerprint density at radius 3 is 2.85 bits per heavy atom. The molecule has 0 aliphatic carbocycles. The van der Waals surface area contributed by atoms with Crippen LogP contribution in [0.3, 0.4) is 0 Å². The van der Waals surface area contributed by atoms with Gasteiger partial charge < -0.3 is 19.9 Å². The normalized spacial score (nSPS) is 17.9. The van der Waals surface area contributed by atoms with E-state index in [1.165, 1.54) is 12.7 Å². The number of fused-ring (bicyclic) bond motifs is 1. The molecule has 0 bridgehead atoms. The van der Waals surface area contributed by atoms with Crippen molar-refractivity contribution in [3.8, 4) is 11.8 Å². The van der Waals surface area contributed by atoms with Crippen molar-refractivity contribution in [1.29, 1.82) is 5.26 Å². The first-order chi connectivity index (χ1) is 18.8. The molecule has 0 amide bonds. The number of hydrogen-bond acceptors (Lipinski definition) is 7. The third-order valence-electron chi connectivity index (χ3n) is 7.67. The van der Waals surface area contributed by atoms with E-state index in [0.717, 1.165) is 56.6 Å². The number of carbonyl (C=O) groups is 1. The van der Waals surface area contributed by atoms with Crippen molar-refractivity contribution in [2.45, 2.75) is 76.9 Å². The maximum absolute atomic E-state index is 15.2. The minimum absolute atomic E-state index is 0.0842. The fourth-order valence-electron chi connectivity index (χ4n) is 5.61. The first kappa shape index (κ1) is 28.8. The van der Waals surface area contributed by atoms with E-state index in [9.17, 15) is 15.2 Å². The lowest BCUT2D eigenvalue weighted by Crippen LogP contribution is -2.34. The van der Waals surface area contributed by atoms with Gasteiger partial charge in [-0.1, -0.05) is 26.3 Å². The molecule has 0 spiro atoms. The lowest BCUT2D eigenvalue weighted by molar-refractivity contribution is -0.143. The second-order valence-corrected chi connectivity index (χ2v) is 10.7. The number of carboxylic acid groups (broad SMARTS) is 1. The van der Waals surface area contributed by atoms with Crippen molar-refractivity contribution in [2.24, 2.45) is 0 Å². The van der Waals surface area contributed by atoms with E-state index in [1.54, 1.807) is 11.0 Å². The molecule has 2 aliphatic heterocycles. The first-order valence-corrected chi connectivity index (χ1v) is 14.0. The number of ether oxygens (including phenoxy) is 2. The van der Waals surface area contributed by atoms with E-state index in [0.29, 0.717) is 31.7 Å². The van der Waals surface area contributed by atoms with Crippen LogP contribution in [0.4, 0.5) is 10.2 Å². The number of carboxylic acids is 1. The van der Waals surface area contributed by atoms with Crippen LogP contribution in [-0.4, -0.2) is 60.4 Å². The number of nitrogens with zero attached hydrogens (tertiary/aromatic N) is 3. The molecule has 39 heavy (non-hydrogen) atoms. The fourth-order valence-corrected chi connectivity index (χ4v) is 5.61. The maximum Gasteiger partial charge on any atom is 0.325 e. The quantitative estimate of drug-likeness (QED) is 0.355. The van der Waals surface area contributed by atoms with Gasteiger partial charge in [-0.3, -0.25) is 9.69 Å². The van der Waals surface area contributed by atoms with Crippen molar-refractivity contribution >= 4 is 11.8 Å². The van der Waals surface area contributed by atoms with Gasteiger partial charge >= 0.3 is 5.97 Å². The topological polar surface area (TPSA) is 108 Å². The minimum Gasteiger partial charge on any atom is -0.493 e. The average molecular weight is 539 g/mol. The monoisotopic (exact) mass is 538 g/mol. The molecule has 2 aromatic rings. The molecular weight excluding hydrogens is 499 g/mol. The Hall–Kier alpha value is -3.22. The van der Waals surface area contributed by atoms with Gasteiger partial charge in [0, 0.05) is 37.5 Å². The molecule has 0 radical (unpaired) electrons. The lowest BCUT2D eigenvalue weighted by Gasteiger charge is -2.27. The number of pyridine rings is 1. The zero-order valence-electron chi connectivity index (χ0n) is 23.1. The molecule has 4 rings (SSSR count). The number of hydrogen-bond donors (Lipinski definition) is 2. The van der Waals surface area contributed by atoms with Gasteiger partial charge in [0.05, 0.1) is 18.8 Å². The van der Waals surface area contributed by atoms with Crippen LogP contribution in [0.15, 0.2) is 18.2 Å². The highest BCUT2D eigenvalue weighted by molar-refractivity contribution is 5.77. The standard InChI is InChI=1S/C30H39FN4O4/c1-19(2)23-16-24(28(38-3)26(31)25(23)17-32)27(30(36)37)35-14-12-22(18-35)39-15-6-4-5-9-21-11-10-20-8-7-13-33-29(20)34-21/h10-11,16,19,22,27H,4-9,12-15,18H2,1-3H3,(H,33,34)(H,36,37)/t22-,27?/m1/s1. The van der Waals surface area contributed by atoms with E-state index in [4.69, 9.17) is 14.5 Å². The van der Waals surface area contributed by atoms with E-state index >= 15 is 4.39 Å². The number of rotatable bonds is 12. The molecule has 0 saturated carbocycles. The third kappa shape index (κ3) is 6.68. The number of likely N-dealkylation sites (tertiary alicyclic amines) is 1. The van der Waals surface area contributed by atoms with E-state index in [-0.39, 0.29) is 28.9 Å². The summed E-state index contributed by atoms with van der Waals surface area (Å²) in [5, 5.41) is 23.0. The van der Waals surface area contributed by atoms with E-state index in [2.05, 4.69) is 17.4 Å². The number of benzene rings is 1. The number of anilines is 1. The lowest BCUT2D eigenvalue weighted by atomic mass is 9.91. The number of nitrogens with one attached hydrogen (secondary N) is 1. The summed E-state index contributed by atoms with van der Waals surface area (Å²) in [7, 11) is 1.30. The van der Waals surface area contributed by atoms with Gasteiger partial charge in [0.2, 0.25) is 0 Å². The van der Waals surface area contributed by atoms with Crippen LogP contribution in [0.25, 0.3) is 0 Å². The van der Waals surface area contributed by atoms with Gasteiger partial charge in [-0.2, -0.15) is 5.26 Å². The summed E-state index contributed by atoms with van der Waals surface area (Å²) in [6.45, 7) is 6.25. The summed E-state index contributed by atoms with van der Waals surface area (Å²) >= 11 is 0. The highest BCUT2D eigenvalue weighted by Crippen LogP contribution is 2.39. The zero-order valence-corrected chi connectivity index (χ0v) is 23.1. The van der Waals surface area contributed by atoms with Gasteiger partial charge in [0.15, 0.2) is 11.6 Å². The fraction of sp³-hybridized carbons (Fsp3) is 0.567. The van der Waals surface area contributed by atoms with Gasteiger partial charge in [0.1, 0.15) is 17.9 Å². The van der Waals surface area contributed by atoms with Crippen LogP contribution >= 0.6 is 0 Å². The van der Waals surface area contributed by atoms with Gasteiger partial charge in [-0.05, 0) is 67.7 Å². The minimum atomic E-state index is -1.09. The Morgan fingerprint density at radius 2 is 2.13 bits per heavy atom. The highest BCUT2D eigenvalue weighted by atomic mass is 19.1. The van der Waals surface area contributed by atoms with Crippen molar-refractivity contribution < 1.29 is 23.8 Å². The Morgan fingerprint density at radius 1 is 1.31 bits per heavy atom. The largest absolute Gasteiger partial charge is 0.493 e. The average Bonchev–Trinajstić information content (AvgIpc) is 3.38. The van der Waals surface area contributed by atoms with Crippen molar-refractivity contribution in [1.82, 2.24) is 9.88 Å². The van der Waals surface area contributed by atoms with Crippen LogP contribution in [0, 0.1) is 17.1 Å². The van der Waals surface area contributed by atoms with Crippen LogP contribution in [-0.2, 0) is 22.4 Å². The SMILES string of the molecule is COc1c(C(C(=O)O)N2CC[C@@H](OCCCCCc3ccc4c(n3)NCCC4)C2)cc(C(C)C)c(C#N)c1F. The first-order valence-electron chi connectivity index (χ1n) is 14.0. The van der Waals surface area contributed by atoms with Crippen molar-refractivity contribution in [2.75, 3.05) is 38.7 Å². The number of aryl methyl sites for hydroxylation is 2. The van der Waals surface area contributed by atoms with Crippen LogP contribution in [0.5, 0.6) is 5.75 Å². The molecule has 3 heterocycles. The summed E-state index contributed by atoms with van der Waals surface area (Å²) in [5.41, 5.74) is 3.03. The van der Waals surface area contributed by atoms with Crippen LogP contribution in [0.1, 0.15) is 85.9 Å². The molecule has 1 aromatic heterocycles. The molecular formula is C30H39FN4O4. The zero-order chi connectivity index (χ0) is 27.9. The Balaban J connectivity index is 1.30.